The average Bonchev–Trinajstić information content (AvgIpc) is 2.15. The van der Waals surface area contributed by atoms with E-state index in [1.54, 1.807) is 12.2 Å². The monoisotopic (exact) mass is 290 g/mol. The molecule has 0 unspecified atom stereocenters. The van der Waals surface area contributed by atoms with Crippen molar-refractivity contribution in [2.45, 2.75) is 0 Å². The van der Waals surface area contributed by atoms with Crippen molar-refractivity contribution < 1.29 is 4.74 Å². The van der Waals surface area contributed by atoms with Crippen molar-refractivity contribution >= 4 is 33.2 Å². The van der Waals surface area contributed by atoms with Crippen LogP contribution in [0.3, 0.4) is 0 Å². The molecule has 0 aromatic rings. The van der Waals surface area contributed by atoms with Gasteiger partial charge < -0.3 is 15.4 Å². The van der Waals surface area contributed by atoms with Crippen molar-refractivity contribution in [1.82, 2.24) is 4.90 Å². The SMILES string of the molecule is C=C/C(Br)=C\C(=C/N)OC(=S)CN(C)C. The third kappa shape index (κ3) is 7.30. The lowest BCUT2D eigenvalue weighted by Crippen LogP contribution is -2.22. The second-order valence-electron chi connectivity index (χ2n) is 3.01. The number of nitrogens with two attached hydrogens (primary N) is 1. The molecular weight excluding hydrogens is 276 g/mol. The summed E-state index contributed by atoms with van der Waals surface area (Å²) in [5, 5.41) is 0.470. The molecule has 15 heavy (non-hydrogen) atoms. The zero-order valence-electron chi connectivity index (χ0n) is 8.87. The number of halogens is 1. The number of allylic oxidation sites excluding steroid dienone is 3. The Kier molecular flexibility index (Phi) is 7.29. The molecule has 0 saturated heterocycles. The van der Waals surface area contributed by atoms with Gasteiger partial charge in [-0.3, -0.25) is 0 Å². The highest BCUT2D eigenvalue weighted by Crippen LogP contribution is 2.11. The minimum absolute atomic E-state index is 0.470. The standard InChI is InChI=1S/C10H15BrN2OS/c1-4-8(11)5-9(6-12)14-10(15)7-13(2)3/h4-6H,1,7,12H2,2-3H3/b8-5+,9-6+. The second kappa shape index (κ2) is 7.62. The molecule has 0 spiro atoms. The molecule has 0 aliphatic carbocycles. The molecule has 5 heteroatoms. The summed E-state index contributed by atoms with van der Waals surface area (Å²) < 4.78 is 6.14. The molecule has 0 aromatic carbocycles. The molecule has 0 bridgehead atoms. The average molecular weight is 291 g/mol. The molecule has 0 aliphatic heterocycles. The number of likely N-dealkylation sites (N-methyl/N-ethyl adjacent to an activating group) is 1. The highest BCUT2D eigenvalue weighted by molar-refractivity contribution is 9.11. The predicted molar refractivity (Wildman–Crippen MR) is 71.7 cm³/mol. The van der Waals surface area contributed by atoms with E-state index in [-0.39, 0.29) is 0 Å². The molecule has 0 aromatic heterocycles. The normalized spacial score (nSPS) is 12.8. The van der Waals surface area contributed by atoms with Gasteiger partial charge in [-0.2, -0.15) is 0 Å². The van der Waals surface area contributed by atoms with E-state index >= 15 is 0 Å². The van der Waals surface area contributed by atoms with Crippen molar-refractivity contribution in [1.29, 1.82) is 0 Å². The summed E-state index contributed by atoms with van der Waals surface area (Å²) in [6.45, 7) is 4.17. The van der Waals surface area contributed by atoms with E-state index in [4.69, 9.17) is 22.7 Å². The van der Waals surface area contributed by atoms with Crippen LogP contribution < -0.4 is 5.73 Å². The van der Waals surface area contributed by atoms with E-state index in [0.717, 1.165) is 4.48 Å². The van der Waals surface area contributed by atoms with Crippen LogP contribution in [-0.2, 0) is 4.74 Å². The molecule has 0 radical (unpaired) electrons. The summed E-state index contributed by atoms with van der Waals surface area (Å²) in [5.74, 6) is 0.494. The van der Waals surface area contributed by atoms with Crippen molar-refractivity contribution in [2.24, 2.45) is 5.73 Å². The van der Waals surface area contributed by atoms with Crippen LogP contribution in [-0.4, -0.2) is 30.6 Å². The molecule has 0 fully saturated rings. The number of ether oxygens (including phenoxy) is 1. The number of nitrogens with zero attached hydrogens (tertiary/aromatic N) is 1. The van der Waals surface area contributed by atoms with Crippen LogP contribution in [0.15, 0.2) is 35.2 Å². The molecule has 0 amide bonds. The topological polar surface area (TPSA) is 38.5 Å². The number of rotatable bonds is 5. The first-order valence-electron chi connectivity index (χ1n) is 4.26. The Hall–Kier alpha value is -0.650. The lowest BCUT2D eigenvalue weighted by atomic mass is 10.4. The van der Waals surface area contributed by atoms with Gasteiger partial charge in [0.15, 0.2) is 5.05 Å². The summed E-state index contributed by atoms with van der Waals surface area (Å²) in [6, 6.07) is 0. The fourth-order valence-corrected chi connectivity index (χ4v) is 1.31. The minimum Gasteiger partial charge on any atom is -0.447 e. The quantitative estimate of drug-likeness (QED) is 0.478. The maximum atomic E-state index is 5.39. The van der Waals surface area contributed by atoms with E-state index in [1.165, 1.54) is 6.20 Å². The Morgan fingerprint density at radius 1 is 1.60 bits per heavy atom. The highest BCUT2D eigenvalue weighted by Gasteiger charge is 2.02. The van der Waals surface area contributed by atoms with Crippen LogP contribution >= 0.6 is 28.1 Å². The van der Waals surface area contributed by atoms with Crippen molar-refractivity contribution in [3.05, 3.63) is 35.2 Å². The zero-order valence-corrected chi connectivity index (χ0v) is 11.3. The van der Waals surface area contributed by atoms with Gasteiger partial charge in [-0.1, -0.05) is 28.6 Å². The van der Waals surface area contributed by atoms with Gasteiger partial charge in [0.25, 0.3) is 0 Å². The van der Waals surface area contributed by atoms with Crippen molar-refractivity contribution in [3.63, 3.8) is 0 Å². The Balaban J connectivity index is 4.36. The van der Waals surface area contributed by atoms with Gasteiger partial charge in [0, 0.05) is 10.7 Å². The van der Waals surface area contributed by atoms with Crippen LogP contribution in [0.1, 0.15) is 0 Å². The van der Waals surface area contributed by atoms with Crippen molar-refractivity contribution in [2.75, 3.05) is 20.6 Å². The van der Waals surface area contributed by atoms with E-state index in [2.05, 4.69) is 22.5 Å². The lowest BCUT2D eigenvalue weighted by molar-refractivity contribution is 0.386. The Bertz CT molecular complexity index is 298. The van der Waals surface area contributed by atoms with Gasteiger partial charge in [-0.25, -0.2) is 0 Å². The highest BCUT2D eigenvalue weighted by atomic mass is 79.9. The van der Waals surface area contributed by atoms with Crippen molar-refractivity contribution in [3.8, 4) is 0 Å². The fraction of sp³-hybridized carbons (Fsp3) is 0.300. The first-order chi connectivity index (χ1) is 6.99. The van der Waals surface area contributed by atoms with Gasteiger partial charge in [0.1, 0.15) is 5.76 Å². The first-order valence-corrected chi connectivity index (χ1v) is 5.46. The van der Waals surface area contributed by atoms with Crippen LogP contribution in [0.2, 0.25) is 0 Å². The summed E-state index contributed by atoms with van der Waals surface area (Å²) in [4.78, 5) is 1.92. The van der Waals surface area contributed by atoms with Gasteiger partial charge >= 0.3 is 0 Å². The van der Waals surface area contributed by atoms with E-state index in [1.807, 2.05) is 19.0 Å². The van der Waals surface area contributed by atoms with Crippen LogP contribution in [0.25, 0.3) is 0 Å². The molecule has 0 heterocycles. The summed E-state index contributed by atoms with van der Waals surface area (Å²) >= 11 is 8.30. The second-order valence-corrected chi connectivity index (χ2v) is 4.39. The Morgan fingerprint density at radius 2 is 2.20 bits per heavy atom. The third-order valence-electron chi connectivity index (χ3n) is 1.32. The van der Waals surface area contributed by atoms with Crippen LogP contribution in [0.5, 0.6) is 0 Å². The number of hydrogen-bond acceptors (Lipinski definition) is 4. The summed E-state index contributed by atoms with van der Waals surface area (Å²) in [6.07, 6.45) is 4.70. The molecule has 2 N–H and O–H groups in total. The van der Waals surface area contributed by atoms with Gasteiger partial charge in [0.05, 0.1) is 6.54 Å². The summed E-state index contributed by atoms with van der Waals surface area (Å²) in [7, 11) is 3.83. The van der Waals surface area contributed by atoms with E-state index in [9.17, 15) is 0 Å². The summed E-state index contributed by atoms with van der Waals surface area (Å²) in [5.41, 5.74) is 5.39. The maximum Gasteiger partial charge on any atom is 0.181 e. The smallest absolute Gasteiger partial charge is 0.181 e. The first kappa shape index (κ1) is 14.3. The van der Waals surface area contributed by atoms with Gasteiger partial charge in [-0.15, -0.1) is 0 Å². The third-order valence-corrected chi connectivity index (χ3v) is 2.08. The Morgan fingerprint density at radius 3 is 2.60 bits per heavy atom. The van der Waals surface area contributed by atoms with Gasteiger partial charge in [0.2, 0.25) is 0 Å². The molecular formula is C10H15BrN2OS. The lowest BCUT2D eigenvalue weighted by Gasteiger charge is -2.12. The molecule has 0 saturated carbocycles. The number of thiocarbonyl (C=S) groups is 1. The minimum atomic E-state index is 0.470. The van der Waals surface area contributed by atoms with E-state index < -0.39 is 0 Å². The molecule has 0 aliphatic rings. The van der Waals surface area contributed by atoms with Crippen LogP contribution in [0.4, 0.5) is 0 Å². The fourth-order valence-electron chi connectivity index (χ4n) is 0.728. The maximum absolute atomic E-state index is 5.39. The number of hydrogen-bond donors (Lipinski definition) is 1. The zero-order chi connectivity index (χ0) is 11.8. The van der Waals surface area contributed by atoms with Gasteiger partial charge in [-0.05, 0) is 32.4 Å². The predicted octanol–water partition coefficient (Wildman–Crippen LogP) is 2.16. The molecule has 3 nitrogen and oxygen atoms in total. The largest absolute Gasteiger partial charge is 0.447 e. The molecule has 0 atom stereocenters. The molecule has 0 rings (SSSR count). The molecule has 84 valence electrons. The Labute approximate surface area is 104 Å². The van der Waals surface area contributed by atoms with E-state index in [0.29, 0.717) is 17.4 Å². The van der Waals surface area contributed by atoms with Crippen LogP contribution in [0, 0.1) is 0 Å².